The van der Waals surface area contributed by atoms with Gasteiger partial charge in [-0.1, -0.05) is 24.3 Å². The summed E-state index contributed by atoms with van der Waals surface area (Å²) in [5.74, 6) is 3.16. The summed E-state index contributed by atoms with van der Waals surface area (Å²) >= 11 is 0. The van der Waals surface area contributed by atoms with Gasteiger partial charge in [0.15, 0.2) is 17.5 Å². The maximum Gasteiger partial charge on any atom is 0.191 e. The average molecular weight is 396 g/mol. The summed E-state index contributed by atoms with van der Waals surface area (Å²) in [6.45, 7) is 5.12. The Morgan fingerprint density at radius 2 is 2.07 bits per heavy atom. The molecule has 0 aliphatic carbocycles. The molecule has 3 rings (SSSR count). The summed E-state index contributed by atoms with van der Waals surface area (Å²) in [6, 6.07) is 12.2. The van der Waals surface area contributed by atoms with Crippen molar-refractivity contribution < 1.29 is 14.2 Å². The Labute approximate surface area is 172 Å². The highest BCUT2D eigenvalue weighted by atomic mass is 16.5. The van der Waals surface area contributed by atoms with Gasteiger partial charge in [-0.15, -0.1) is 6.58 Å². The van der Waals surface area contributed by atoms with Crippen molar-refractivity contribution in [1.29, 1.82) is 0 Å². The van der Waals surface area contributed by atoms with E-state index in [1.807, 2.05) is 30.3 Å². The molecule has 0 saturated heterocycles. The van der Waals surface area contributed by atoms with Crippen LogP contribution in [0.15, 0.2) is 54.0 Å². The fourth-order valence-corrected chi connectivity index (χ4v) is 3.50. The molecular weight excluding hydrogens is 366 g/mol. The first-order chi connectivity index (χ1) is 14.2. The first-order valence-corrected chi connectivity index (χ1v) is 9.72. The van der Waals surface area contributed by atoms with Crippen LogP contribution in [0.1, 0.15) is 16.7 Å². The number of nitrogens with one attached hydrogen (secondary N) is 2. The summed E-state index contributed by atoms with van der Waals surface area (Å²) < 4.78 is 17.0. The van der Waals surface area contributed by atoms with E-state index in [4.69, 9.17) is 14.2 Å². The van der Waals surface area contributed by atoms with Crippen LogP contribution in [0.2, 0.25) is 0 Å². The Morgan fingerprint density at radius 1 is 1.24 bits per heavy atom. The first-order valence-electron chi connectivity index (χ1n) is 9.72. The number of aliphatic imine (C=N–C) groups is 1. The number of nitrogens with zero attached hydrogens (tertiary/aromatic N) is 1. The van der Waals surface area contributed by atoms with E-state index in [9.17, 15) is 0 Å². The molecule has 154 valence electrons. The Bertz CT molecular complexity index is 855. The van der Waals surface area contributed by atoms with Crippen LogP contribution >= 0.6 is 0 Å². The standard InChI is InChI=1S/C23H29N3O3/c1-5-8-18-11-16(12-21(27-3)22(18)28-4)14-25-23(24-2)26-15-19-13-17-9-6-7-10-20(17)29-19/h5-7,9-12,19H,1,8,13-15H2,2-4H3,(H2,24,25,26). The van der Waals surface area contributed by atoms with Crippen LogP contribution in [0.4, 0.5) is 0 Å². The lowest BCUT2D eigenvalue weighted by atomic mass is 10.1. The SMILES string of the molecule is C=CCc1cc(CNC(=NC)NCC2Cc3ccccc3O2)cc(OC)c1OC. The van der Waals surface area contributed by atoms with Crippen molar-refractivity contribution in [3.8, 4) is 17.2 Å². The molecule has 2 aromatic rings. The van der Waals surface area contributed by atoms with E-state index in [1.165, 1.54) is 5.56 Å². The Hall–Kier alpha value is -3.15. The average Bonchev–Trinajstić information content (AvgIpc) is 3.16. The zero-order valence-electron chi connectivity index (χ0n) is 17.3. The van der Waals surface area contributed by atoms with Gasteiger partial charge >= 0.3 is 0 Å². The third kappa shape index (κ3) is 5.02. The van der Waals surface area contributed by atoms with Gasteiger partial charge in [-0.05, 0) is 35.7 Å². The van der Waals surface area contributed by atoms with E-state index in [1.54, 1.807) is 21.3 Å². The Kier molecular flexibility index (Phi) is 7.00. The van der Waals surface area contributed by atoms with E-state index in [0.29, 0.717) is 25.3 Å². The number of rotatable bonds is 8. The third-order valence-corrected chi connectivity index (χ3v) is 4.87. The number of methoxy groups -OCH3 is 2. The zero-order valence-corrected chi connectivity index (χ0v) is 17.3. The molecule has 0 spiro atoms. The van der Waals surface area contributed by atoms with E-state index >= 15 is 0 Å². The van der Waals surface area contributed by atoms with Gasteiger partial charge in [0.05, 0.1) is 20.8 Å². The van der Waals surface area contributed by atoms with E-state index in [-0.39, 0.29) is 6.10 Å². The second-order valence-electron chi connectivity index (χ2n) is 6.84. The monoisotopic (exact) mass is 395 g/mol. The molecule has 0 bridgehead atoms. The van der Waals surface area contributed by atoms with Gasteiger partial charge in [0.1, 0.15) is 11.9 Å². The molecule has 1 unspecified atom stereocenters. The van der Waals surface area contributed by atoms with Gasteiger partial charge in [0, 0.05) is 25.6 Å². The lowest BCUT2D eigenvalue weighted by Gasteiger charge is -2.17. The largest absolute Gasteiger partial charge is 0.493 e. The van der Waals surface area contributed by atoms with E-state index < -0.39 is 0 Å². The van der Waals surface area contributed by atoms with Crippen LogP contribution in [0, 0.1) is 0 Å². The highest BCUT2D eigenvalue weighted by Gasteiger charge is 2.22. The first kappa shape index (κ1) is 20.6. The highest BCUT2D eigenvalue weighted by Crippen LogP contribution is 2.33. The van der Waals surface area contributed by atoms with Crippen molar-refractivity contribution in [2.75, 3.05) is 27.8 Å². The molecule has 29 heavy (non-hydrogen) atoms. The van der Waals surface area contributed by atoms with Crippen LogP contribution in [0.5, 0.6) is 17.2 Å². The maximum absolute atomic E-state index is 5.98. The molecule has 0 aromatic heterocycles. The molecule has 2 N–H and O–H groups in total. The normalized spacial score (nSPS) is 15.3. The third-order valence-electron chi connectivity index (χ3n) is 4.87. The fraction of sp³-hybridized carbons (Fsp3) is 0.348. The van der Waals surface area contributed by atoms with Gasteiger partial charge in [-0.25, -0.2) is 0 Å². The summed E-state index contributed by atoms with van der Waals surface area (Å²) in [6.07, 6.45) is 3.57. The van der Waals surface area contributed by atoms with Gasteiger partial charge in [0.25, 0.3) is 0 Å². The molecule has 0 amide bonds. The topological polar surface area (TPSA) is 64.1 Å². The molecule has 2 aromatic carbocycles. The Morgan fingerprint density at radius 3 is 2.76 bits per heavy atom. The molecule has 1 aliphatic heterocycles. The molecule has 6 heteroatoms. The molecule has 0 radical (unpaired) electrons. The highest BCUT2D eigenvalue weighted by molar-refractivity contribution is 5.79. The van der Waals surface area contributed by atoms with Crippen molar-refractivity contribution in [1.82, 2.24) is 10.6 Å². The number of ether oxygens (including phenoxy) is 3. The molecule has 1 heterocycles. The van der Waals surface area contributed by atoms with Crippen LogP contribution in [0.3, 0.4) is 0 Å². The Balaban J connectivity index is 1.58. The predicted molar refractivity (Wildman–Crippen MR) is 116 cm³/mol. The summed E-state index contributed by atoms with van der Waals surface area (Å²) in [5.41, 5.74) is 3.37. The lowest BCUT2D eigenvalue weighted by Crippen LogP contribution is -2.41. The zero-order chi connectivity index (χ0) is 20.6. The minimum Gasteiger partial charge on any atom is -0.493 e. The van der Waals surface area contributed by atoms with E-state index in [2.05, 4.69) is 34.3 Å². The van der Waals surface area contributed by atoms with Gasteiger partial charge in [-0.3, -0.25) is 4.99 Å². The number of allylic oxidation sites excluding steroid dienone is 1. The molecule has 6 nitrogen and oxygen atoms in total. The van der Waals surface area contributed by atoms with Crippen molar-refractivity contribution >= 4 is 5.96 Å². The summed E-state index contributed by atoms with van der Waals surface area (Å²) in [5, 5.41) is 6.70. The number of benzene rings is 2. The van der Waals surface area contributed by atoms with Crippen molar-refractivity contribution in [2.45, 2.75) is 25.5 Å². The molecular formula is C23H29N3O3. The van der Waals surface area contributed by atoms with E-state index in [0.717, 1.165) is 35.0 Å². The minimum absolute atomic E-state index is 0.103. The predicted octanol–water partition coefficient (Wildman–Crippen LogP) is 3.10. The summed E-state index contributed by atoms with van der Waals surface area (Å²) in [7, 11) is 5.06. The van der Waals surface area contributed by atoms with Gasteiger partial charge < -0.3 is 24.8 Å². The number of fused-ring (bicyclic) bond motifs is 1. The van der Waals surface area contributed by atoms with Crippen molar-refractivity contribution in [3.05, 3.63) is 65.7 Å². The molecule has 1 aliphatic rings. The molecule has 0 fully saturated rings. The quantitative estimate of drug-likeness (QED) is 0.409. The van der Waals surface area contributed by atoms with Crippen molar-refractivity contribution in [2.24, 2.45) is 4.99 Å². The number of hydrogen-bond acceptors (Lipinski definition) is 4. The second-order valence-corrected chi connectivity index (χ2v) is 6.84. The van der Waals surface area contributed by atoms with Gasteiger partial charge in [-0.2, -0.15) is 0 Å². The molecule has 1 atom stereocenters. The fourth-order valence-electron chi connectivity index (χ4n) is 3.50. The van der Waals surface area contributed by atoms with Crippen molar-refractivity contribution in [3.63, 3.8) is 0 Å². The lowest BCUT2D eigenvalue weighted by molar-refractivity contribution is 0.235. The van der Waals surface area contributed by atoms with Crippen LogP contribution in [-0.2, 0) is 19.4 Å². The van der Waals surface area contributed by atoms with Crippen LogP contribution in [0.25, 0.3) is 0 Å². The number of hydrogen-bond donors (Lipinski definition) is 2. The van der Waals surface area contributed by atoms with Crippen LogP contribution < -0.4 is 24.8 Å². The minimum atomic E-state index is 0.103. The van der Waals surface area contributed by atoms with Crippen LogP contribution in [-0.4, -0.2) is 39.9 Å². The maximum atomic E-state index is 5.98. The molecule has 0 saturated carbocycles. The smallest absolute Gasteiger partial charge is 0.191 e. The number of para-hydroxylation sites is 1. The summed E-state index contributed by atoms with van der Waals surface area (Å²) in [4.78, 5) is 4.32. The number of guanidine groups is 1. The van der Waals surface area contributed by atoms with Gasteiger partial charge in [0.2, 0.25) is 0 Å². The second kappa shape index (κ2) is 9.87.